The van der Waals surface area contributed by atoms with Crippen molar-refractivity contribution in [3.63, 3.8) is 0 Å². The Balaban J connectivity index is 2.56. The van der Waals surface area contributed by atoms with Gasteiger partial charge in [0, 0.05) is 33.4 Å². The number of hydrogen-bond donors (Lipinski definition) is 1. The highest BCUT2D eigenvalue weighted by atomic mass is 32.2. The van der Waals surface area contributed by atoms with Crippen molar-refractivity contribution in [2.24, 2.45) is 5.73 Å². The van der Waals surface area contributed by atoms with Gasteiger partial charge in [-0.1, -0.05) is 12.1 Å². The number of amides is 1. The molecule has 0 bridgehead atoms. The number of hydrogen-bond acceptors (Lipinski definition) is 4. The van der Waals surface area contributed by atoms with Crippen LogP contribution in [-0.2, 0) is 11.3 Å². The molecule has 0 radical (unpaired) electrons. The Hall–Kier alpha value is -1.20. The van der Waals surface area contributed by atoms with E-state index >= 15 is 0 Å². The average Bonchev–Trinajstić information content (AvgIpc) is 2.44. The summed E-state index contributed by atoms with van der Waals surface area (Å²) in [5.41, 5.74) is 8.18. The van der Waals surface area contributed by atoms with Crippen molar-refractivity contribution in [2.45, 2.75) is 19.0 Å². The topological polar surface area (TPSA) is 49.6 Å². The van der Waals surface area contributed by atoms with E-state index in [9.17, 15) is 4.79 Å². The summed E-state index contributed by atoms with van der Waals surface area (Å²) in [5.74, 6) is 0.925. The molecule has 0 saturated carbocycles. The van der Waals surface area contributed by atoms with Gasteiger partial charge in [-0.05, 0) is 36.1 Å². The fourth-order valence-electron chi connectivity index (χ4n) is 1.90. The number of carbonyl (C=O) groups excluding carboxylic acids is 1. The quantitative estimate of drug-likeness (QED) is 0.833. The summed E-state index contributed by atoms with van der Waals surface area (Å²) in [5, 5.41) is 0. The van der Waals surface area contributed by atoms with Gasteiger partial charge < -0.3 is 15.5 Å². The molecule has 0 aromatic heterocycles. The van der Waals surface area contributed by atoms with Crippen LogP contribution in [0.5, 0.6) is 0 Å². The molecule has 0 fully saturated rings. The summed E-state index contributed by atoms with van der Waals surface area (Å²) >= 11 is 1.71. The molecule has 1 rings (SSSR count). The van der Waals surface area contributed by atoms with Crippen LogP contribution in [-0.4, -0.2) is 50.0 Å². The first-order valence-electron chi connectivity index (χ1n) is 6.71. The van der Waals surface area contributed by atoms with Crippen molar-refractivity contribution >= 4 is 23.4 Å². The number of thioether (sulfide) groups is 1. The average molecular weight is 295 g/mol. The first-order chi connectivity index (χ1) is 9.45. The molecule has 0 spiro atoms. The summed E-state index contributed by atoms with van der Waals surface area (Å²) in [6.07, 6.45) is 2.75. The van der Waals surface area contributed by atoms with Crippen LogP contribution < -0.4 is 10.6 Å². The van der Waals surface area contributed by atoms with Crippen molar-refractivity contribution < 1.29 is 4.79 Å². The number of nitrogens with zero attached hydrogens (tertiary/aromatic N) is 2. The number of nitrogens with two attached hydrogens (primary N) is 1. The van der Waals surface area contributed by atoms with Gasteiger partial charge in [-0.25, -0.2) is 0 Å². The normalized spacial score (nSPS) is 12.1. The highest BCUT2D eigenvalue weighted by molar-refractivity contribution is 7.98. The monoisotopic (exact) mass is 295 g/mol. The number of anilines is 1. The van der Waals surface area contributed by atoms with E-state index in [0.29, 0.717) is 6.54 Å². The molecular formula is C15H25N3OS. The van der Waals surface area contributed by atoms with Crippen molar-refractivity contribution in [3.8, 4) is 0 Å². The van der Waals surface area contributed by atoms with Gasteiger partial charge in [-0.3, -0.25) is 4.79 Å². The lowest BCUT2D eigenvalue weighted by molar-refractivity contribution is -0.131. The van der Waals surface area contributed by atoms with E-state index in [1.54, 1.807) is 23.7 Å². The Labute approximate surface area is 126 Å². The van der Waals surface area contributed by atoms with Crippen LogP contribution in [0.4, 0.5) is 5.69 Å². The van der Waals surface area contributed by atoms with Gasteiger partial charge in [0.1, 0.15) is 0 Å². The van der Waals surface area contributed by atoms with Crippen LogP contribution >= 0.6 is 11.8 Å². The van der Waals surface area contributed by atoms with Gasteiger partial charge >= 0.3 is 0 Å². The predicted molar refractivity (Wildman–Crippen MR) is 88.2 cm³/mol. The summed E-state index contributed by atoms with van der Waals surface area (Å²) in [6, 6.07) is 7.82. The van der Waals surface area contributed by atoms with E-state index in [4.69, 9.17) is 5.73 Å². The molecule has 20 heavy (non-hydrogen) atoms. The Morgan fingerprint density at radius 1 is 1.25 bits per heavy atom. The summed E-state index contributed by atoms with van der Waals surface area (Å²) < 4.78 is 0. The fraction of sp³-hybridized carbons (Fsp3) is 0.533. The van der Waals surface area contributed by atoms with E-state index in [0.717, 1.165) is 23.4 Å². The molecule has 1 atom stereocenters. The molecule has 1 aromatic carbocycles. The molecule has 2 N–H and O–H groups in total. The van der Waals surface area contributed by atoms with Crippen molar-refractivity contribution in [1.82, 2.24) is 4.90 Å². The molecule has 0 saturated heterocycles. The maximum Gasteiger partial charge on any atom is 0.239 e. The highest BCUT2D eigenvalue weighted by Crippen LogP contribution is 2.13. The molecule has 4 nitrogen and oxygen atoms in total. The molecule has 0 aliphatic carbocycles. The lowest BCUT2D eigenvalue weighted by atomic mass is 10.1. The third-order valence-electron chi connectivity index (χ3n) is 3.20. The Bertz CT molecular complexity index is 420. The first kappa shape index (κ1) is 16.9. The molecule has 0 aliphatic rings. The van der Waals surface area contributed by atoms with Gasteiger partial charge in [0.05, 0.1) is 6.04 Å². The molecular weight excluding hydrogens is 270 g/mol. The van der Waals surface area contributed by atoms with Gasteiger partial charge in [0.25, 0.3) is 0 Å². The molecule has 1 aromatic rings. The van der Waals surface area contributed by atoms with E-state index < -0.39 is 6.04 Å². The number of benzene rings is 1. The van der Waals surface area contributed by atoms with Crippen LogP contribution in [0, 0.1) is 0 Å². The first-order valence-corrected chi connectivity index (χ1v) is 8.11. The number of likely N-dealkylation sites (N-methyl/N-ethyl adjacent to an activating group) is 1. The van der Waals surface area contributed by atoms with Crippen LogP contribution in [0.2, 0.25) is 0 Å². The second kappa shape index (κ2) is 8.17. The molecule has 112 valence electrons. The minimum absolute atomic E-state index is 0.00994. The summed E-state index contributed by atoms with van der Waals surface area (Å²) in [4.78, 5) is 15.9. The van der Waals surface area contributed by atoms with Crippen LogP contribution in [0.3, 0.4) is 0 Å². The Morgan fingerprint density at radius 3 is 2.35 bits per heavy atom. The Kier molecular flexibility index (Phi) is 6.88. The standard InChI is InChI=1S/C15H25N3OS/c1-17(2)13-7-5-12(6-8-13)11-18(3)15(19)14(16)9-10-20-4/h5-8,14H,9-11,16H2,1-4H3/t14-/m0/s1. The van der Waals surface area contributed by atoms with Crippen LogP contribution in [0.1, 0.15) is 12.0 Å². The van der Waals surface area contributed by atoms with Gasteiger partial charge in [0.15, 0.2) is 0 Å². The second-order valence-corrected chi connectivity index (χ2v) is 6.13. The van der Waals surface area contributed by atoms with Crippen LogP contribution in [0.25, 0.3) is 0 Å². The summed E-state index contributed by atoms with van der Waals surface area (Å²) in [6.45, 7) is 0.597. The van der Waals surface area contributed by atoms with E-state index in [-0.39, 0.29) is 5.91 Å². The Morgan fingerprint density at radius 2 is 1.85 bits per heavy atom. The van der Waals surface area contributed by atoms with Gasteiger partial charge in [0.2, 0.25) is 5.91 Å². The molecule has 0 unspecified atom stereocenters. The highest BCUT2D eigenvalue weighted by Gasteiger charge is 2.17. The van der Waals surface area contributed by atoms with Crippen molar-refractivity contribution in [1.29, 1.82) is 0 Å². The fourth-order valence-corrected chi connectivity index (χ4v) is 2.39. The van der Waals surface area contributed by atoms with Crippen molar-refractivity contribution in [2.75, 3.05) is 38.1 Å². The van der Waals surface area contributed by atoms with Crippen LogP contribution in [0.15, 0.2) is 24.3 Å². The maximum absolute atomic E-state index is 12.1. The summed E-state index contributed by atoms with van der Waals surface area (Å²) in [7, 11) is 5.83. The SMILES string of the molecule is CSCC[C@H](N)C(=O)N(C)Cc1ccc(N(C)C)cc1. The predicted octanol–water partition coefficient (Wildman–Crippen LogP) is 1.79. The number of rotatable bonds is 7. The lowest BCUT2D eigenvalue weighted by Gasteiger charge is -2.21. The van der Waals surface area contributed by atoms with E-state index in [1.165, 1.54) is 0 Å². The molecule has 1 amide bonds. The zero-order chi connectivity index (χ0) is 15.1. The van der Waals surface area contributed by atoms with E-state index in [2.05, 4.69) is 17.0 Å². The van der Waals surface area contributed by atoms with Gasteiger partial charge in [-0.15, -0.1) is 0 Å². The largest absolute Gasteiger partial charge is 0.378 e. The van der Waals surface area contributed by atoms with E-state index in [1.807, 2.05) is 32.5 Å². The maximum atomic E-state index is 12.1. The van der Waals surface area contributed by atoms with Crippen molar-refractivity contribution in [3.05, 3.63) is 29.8 Å². The zero-order valence-electron chi connectivity index (χ0n) is 12.8. The zero-order valence-corrected chi connectivity index (χ0v) is 13.6. The third-order valence-corrected chi connectivity index (χ3v) is 3.84. The minimum atomic E-state index is -0.395. The number of carbonyl (C=O) groups is 1. The second-order valence-electron chi connectivity index (χ2n) is 5.14. The molecule has 0 aliphatic heterocycles. The third kappa shape index (κ3) is 5.06. The van der Waals surface area contributed by atoms with Gasteiger partial charge in [-0.2, -0.15) is 11.8 Å². The lowest BCUT2D eigenvalue weighted by Crippen LogP contribution is -2.41. The molecule has 0 heterocycles. The smallest absolute Gasteiger partial charge is 0.239 e. The molecule has 5 heteroatoms. The minimum Gasteiger partial charge on any atom is -0.378 e.